The highest BCUT2D eigenvalue weighted by Crippen LogP contribution is 2.30. The van der Waals surface area contributed by atoms with Crippen LogP contribution >= 0.6 is 11.6 Å². The predicted octanol–water partition coefficient (Wildman–Crippen LogP) is 3.64. The lowest BCUT2D eigenvalue weighted by Crippen LogP contribution is -2.03. The number of halogens is 3. The van der Waals surface area contributed by atoms with E-state index in [1.54, 1.807) is 18.2 Å². The second-order valence-corrected chi connectivity index (χ2v) is 3.97. The van der Waals surface area contributed by atoms with E-state index in [1.807, 2.05) is 0 Å². The van der Waals surface area contributed by atoms with Crippen LogP contribution in [0.15, 0.2) is 24.3 Å². The van der Waals surface area contributed by atoms with Gasteiger partial charge in [-0.05, 0) is 12.1 Å². The van der Waals surface area contributed by atoms with E-state index in [-0.39, 0.29) is 12.4 Å². The molecule has 0 aliphatic carbocycles. The molecule has 0 fully saturated rings. The van der Waals surface area contributed by atoms with Crippen molar-refractivity contribution in [3.05, 3.63) is 35.0 Å². The predicted molar refractivity (Wildman–Crippen MR) is 64.1 cm³/mol. The highest BCUT2D eigenvalue weighted by molar-refractivity contribution is 6.35. The van der Waals surface area contributed by atoms with Crippen LogP contribution in [0.5, 0.6) is 5.75 Å². The maximum atomic E-state index is 12.3. The minimum atomic E-state index is -2.90. The van der Waals surface area contributed by atoms with Crippen LogP contribution in [0, 0.1) is 0 Å². The Kier molecular flexibility index (Phi) is 3.93. The van der Waals surface area contributed by atoms with Crippen molar-refractivity contribution in [2.75, 3.05) is 7.11 Å². The van der Waals surface area contributed by atoms with Crippen molar-refractivity contribution in [3.8, 4) is 5.75 Å². The maximum absolute atomic E-state index is 12.3. The van der Waals surface area contributed by atoms with Gasteiger partial charge in [0.2, 0.25) is 0 Å². The minimum absolute atomic E-state index is 0.00218. The molecule has 1 aromatic heterocycles. The molecule has 3 nitrogen and oxygen atoms in total. The van der Waals surface area contributed by atoms with E-state index < -0.39 is 6.61 Å². The summed E-state index contributed by atoms with van der Waals surface area (Å²) < 4.78 is 33.9. The van der Waals surface area contributed by atoms with E-state index in [0.29, 0.717) is 21.6 Å². The van der Waals surface area contributed by atoms with Crippen molar-refractivity contribution in [2.24, 2.45) is 0 Å². The van der Waals surface area contributed by atoms with Crippen LogP contribution in [0.3, 0.4) is 0 Å². The van der Waals surface area contributed by atoms with Gasteiger partial charge in [-0.25, -0.2) is 4.98 Å². The van der Waals surface area contributed by atoms with Gasteiger partial charge in [-0.3, -0.25) is 0 Å². The summed E-state index contributed by atoms with van der Waals surface area (Å²) in [5.41, 5.74) is 0.859. The number of hydrogen-bond acceptors (Lipinski definition) is 3. The number of aromatic nitrogens is 1. The molecular formula is C12H10ClF2NO2. The quantitative estimate of drug-likeness (QED) is 0.852. The van der Waals surface area contributed by atoms with Gasteiger partial charge in [-0.15, -0.1) is 0 Å². The molecule has 1 aromatic carbocycles. The molecule has 18 heavy (non-hydrogen) atoms. The summed E-state index contributed by atoms with van der Waals surface area (Å²) in [5.74, 6) is 0.00218. The summed E-state index contributed by atoms with van der Waals surface area (Å²) in [6, 6.07) is 6.34. The Morgan fingerprint density at radius 3 is 2.83 bits per heavy atom. The van der Waals surface area contributed by atoms with Gasteiger partial charge >= 0.3 is 6.61 Å². The zero-order chi connectivity index (χ0) is 13.1. The maximum Gasteiger partial charge on any atom is 0.387 e. The van der Waals surface area contributed by atoms with Crippen LogP contribution in [0.25, 0.3) is 10.9 Å². The smallest absolute Gasteiger partial charge is 0.387 e. The van der Waals surface area contributed by atoms with Crippen molar-refractivity contribution in [1.82, 2.24) is 4.98 Å². The standard InChI is InChI=1S/C12H10ClF2NO2/c1-17-6-7-5-9(13)8-3-2-4-10(11(8)16-7)18-12(14)15/h2-5,12H,6H2,1H3. The van der Waals surface area contributed by atoms with Gasteiger partial charge in [0.15, 0.2) is 5.75 Å². The van der Waals surface area contributed by atoms with Crippen molar-refractivity contribution in [3.63, 3.8) is 0 Å². The molecule has 0 aliphatic heterocycles. The molecule has 0 spiro atoms. The van der Waals surface area contributed by atoms with Crippen molar-refractivity contribution >= 4 is 22.5 Å². The van der Waals surface area contributed by atoms with E-state index in [0.717, 1.165) is 0 Å². The molecule has 0 amide bonds. The fourth-order valence-corrected chi connectivity index (χ4v) is 1.92. The largest absolute Gasteiger partial charge is 0.432 e. The summed E-state index contributed by atoms with van der Waals surface area (Å²) >= 11 is 6.07. The van der Waals surface area contributed by atoms with E-state index in [4.69, 9.17) is 16.3 Å². The Labute approximate surface area is 107 Å². The molecule has 96 valence electrons. The Balaban J connectivity index is 2.58. The van der Waals surface area contributed by atoms with Crippen LogP contribution in [-0.4, -0.2) is 18.7 Å². The summed E-state index contributed by atoms with van der Waals surface area (Å²) in [6.07, 6.45) is 0. The van der Waals surface area contributed by atoms with Crippen LogP contribution in [0.4, 0.5) is 8.78 Å². The monoisotopic (exact) mass is 273 g/mol. The second kappa shape index (κ2) is 5.46. The zero-order valence-corrected chi connectivity index (χ0v) is 10.2. The molecule has 0 atom stereocenters. The third-order valence-corrected chi connectivity index (χ3v) is 2.63. The number of rotatable bonds is 4. The van der Waals surface area contributed by atoms with Crippen molar-refractivity contribution < 1.29 is 18.3 Å². The first-order chi connectivity index (χ1) is 8.61. The van der Waals surface area contributed by atoms with Gasteiger partial charge in [0.25, 0.3) is 0 Å². The highest BCUT2D eigenvalue weighted by atomic mass is 35.5. The molecule has 6 heteroatoms. The summed E-state index contributed by atoms with van der Waals surface area (Å²) in [5, 5.41) is 0.987. The van der Waals surface area contributed by atoms with Gasteiger partial charge in [-0.1, -0.05) is 23.7 Å². The minimum Gasteiger partial charge on any atom is -0.432 e. The Morgan fingerprint density at radius 1 is 1.39 bits per heavy atom. The average Bonchev–Trinajstić information content (AvgIpc) is 2.30. The topological polar surface area (TPSA) is 31.4 Å². The van der Waals surface area contributed by atoms with Gasteiger partial charge in [-0.2, -0.15) is 8.78 Å². The molecule has 1 heterocycles. The van der Waals surface area contributed by atoms with Crippen LogP contribution in [0.1, 0.15) is 5.69 Å². The van der Waals surface area contributed by atoms with E-state index in [9.17, 15) is 8.78 Å². The van der Waals surface area contributed by atoms with Gasteiger partial charge < -0.3 is 9.47 Å². The fourth-order valence-electron chi connectivity index (χ4n) is 1.64. The number of ether oxygens (including phenoxy) is 2. The summed E-state index contributed by atoms with van der Waals surface area (Å²) in [4.78, 5) is 4.21. The Hall–Kier alpha value is -1.46. The highest BCUT2D eigenvalue weighted by Gasteiger charge is 2.12. The van der Waals surface area contributed by atoms with Crippen molar-refractivity contribution in [2.45, 2.75) is 13.2 Å². The second-order valence-electron chi connectivity index (χ2n) is 3.56. The van der Waals surface area contributed by atoms with E-state index in [1.165, 1.54) is 13.2 Å². The molecule has 0 saturated carbocycles. The summed E-state index contributed by atoms with van der Waals surface area (Å²) in [6.45, 7) is -2.65. The van der Waals surface area contributed by atoms with Gasteiger partial charge in [0, 0.05) is 12.5 Å². The molecule has 2 rings (SSSR count). The molecule has 0 radical (unpaired) electrons. The number of para-hydroxylation sites is 1. The Morgan fingerprint density at radius 2 is 2.17 bits per heavy atom. The Bertz CT molecular complexity index is 563. The number of methoxy groups -OCH3 is 1. The zero-order valence-electron chi connectivity index (χ0n) is 9.49. The lowest BCUT2D eigenvalue weighted by atomic mass is 10.2. The molecular weight excluding hydrogens is 264 g/mol. The number of nitrogens with zero attached hydrogens (tertiary/aromatic N) is 1. The van der Waals surface area contributed by atoms with Crippen LogP contribution in [-0.2, 0) is 11.3 Å². The number of benzene rings is 1. The lowest BCUT2D eigenvalue weighted by Gasteiger charge is -2.10. The molecule has 0 bridgehead atoms. The van der Waals surface area contributed by atoms with Crippen LogP contribution < -0.4 is 4.74 Å². The third-order valence-electron chi connectivity index (χ3n) is 2.31. The summed E-state index contributed by atoms with van der Waals surface area (Å²) in [7, 11) is 1.52. The number of pyridine rings is 1. The number of fused-ring (bicyclic) bond motifs is 1. The van der Waals surface area contributed by atoms with Crippen LogP contribution in [0.2, 0.25) is 5.02 Å². The first-order valence-electron chi connectivity index (χ1n) is 5.13. The van der Waals surface area contributed by atoms with E-state index >= 15 is 0 Å². The number of hydrogen-bond donors (Lipinski definition) is 0. The lowest BCUT2D eigenvalue weighted by molar-refractivity contribution is -0.0489. The number of alkyl halides is 2. The van der Waals surface area contributed by atoms with Crippen molar-refractivity contribution in [1.29, 1.82) is 0 Å². The van der Waals surface area contributed by atoms with Gasteiger partial charge in [0.05, 0.1) is 17.3 Å². The normalized spacial score (nSPS) is 11.2. The molecule has 0 saturated heterocycles. The van der Waals surface area contributed by atoms with Gasteiger partial charge in [0.1, 0.15) is 5.52 Å². The third kappa shape index (κ3) is 2.68. The fraction of sp³-hybridized carbons (Fsp3) is 0.250. The average molecular weight is 274 g/mol. The molecule has 2 aromatic rings. The first kappa shape index (κ1) is 13.0. The first-order valence-corrected chi connectivity index (χ1v) is 5.51. The molecule has 0 aliphatic rings. The SMILES string of the molecule is COCc1cc(Cl)c2cccc(OC(F)F)c2n1. The van der Waals surface area contributed by atoms with E-state index in [2.05, 4.69) is 9.72 Å². The molecule has 0 N–H and O–H groups in total. The molecule has 0 unspecified atom stereocenters.